The summed E-state index contributed by atoms with van der Waals surface area (Å²) < 4.78 is 0. The number of nitrogens with zero attached hydrogens (tertiary/aromatic N) is 2. The summed E-state index contributed by atoms with van der Waals surface area (Å²) >= 11 is 11.3. The van der Waals surface area contributed by atoms with E-state index < -0.39 is 0 Å². The van der Waals surface area contributed by atoms with Gasteiger partial charge in [0.1, 0.15) is 10.3 Å². The van der Waals surface area contributed by atoms with E-state index in [0.717, 1.165) is 0 Å². The molecule has 6 heteroatoms. The molecule has 0 aromatic carbocycles. The Labute approximate surface area is 97.4 Å². The molecule has 1 amide bonds. The van der Waals surface area contributed by atoms with Crippen molar-refractivity contribution >= 4 is 29.1 Å². The zero-order chi connectivity index (χ0) is 11.4. The molecule has 82 valence electrons. The van der Waals surface area contributed by atoms with E-state index in [1.54, 1.807) is 7.05 Å². The molecule has 0 unspecified atom stereocenters. The van der Waals surface area contributed by atoms with Gasteiger partial charge in [-0.15, -0.1) is 0 Å². The van der Waals surface area contributed by atoms with Crippen LogP contribution in [0.3, 0.4) is 0 Å². The van der Waals surface area contributed by atoms with Crippen molar-refractivity contribution in [3.05, 3.63) is 28.0 Å². The lowest BCUT2D eigenvalue weighted by Gasteiger charge is -2.15. The van der Waals surface area contributed by atoms with Gasteiger partial charge in [0.15, 0.2) is 0 Å². The third kappa shape index (κ3) is 3.34. The molecule has 0 saturated heterocycles. The number of hydrogen-bond acceptors (Lipinski definition) is 3. The van der Waals surface area contributed by atoms with E-state index in [1.807, 2.05) is 0 Å². The number of rotatable bonds is 3. The molecule has 0 bridgehead atoms. The SMILES string of the molecule is CN(CCO)C(=O)c1cc(Cl)nc(Cl)c1. The molecule has 0 aliphatic carbocycles. The Morgan fingerprint density at radius 1 is 1.47 bits per heavy atom. The molecule has 15 heavy (non-hydrogen) atoms. The number of hydrogen-bond donors (Lipinski definition) is 1. The standard InChI is InChI=1S/C9H10Cl2N2O2/c1-13(2-3-14)9(15)6-4-7(10)12-8(11)5-6/h4-5,14H,2-3H2,1H3. The van der Waals surface area contributed by atoms with Crippen molar-refractivity contribution in [3.63, 3.8) is 0 Å². The molecule has 1 aromatic rings. The first-order valence-electron chi connectivity index (χ1n) is 4.24. The monoisotopic (exact) mass is 248 g/mol. The van der Waals surface area contributed by atoms with Gasteiger partial charge in [0.25, 0.3) is 5.91 Å². The molecule has 1 rings (SSSR count). The normalized spacial score (nSPS) is 10.1. The third-order valence-electron chi connectivity index (χ3n) is 1.79. The molecule has 4 nitrogen and oxygen atoms in total. The van der Waals surface area contributed by atoms with Gasteiger partial charge in [-0.05, 0) is 12.1 Å². The summed E-state index contributed by atoms with van der Waals surface area (Å²) in [6.07, 6.45) is 0. The van der Waals surface area contributed by atoms with Crippen molar-refractivity contribution in [2.45, 2.75) is 0 Å². The van der Waals surface area contributed by atoms with Crippen LogP contribution in [-0.4, -0.2) is 41.1 Å². The zero-order valence-electron chi connectivity index (χ0n) is 8.07. The number of aliphatic hydroxyl groups excluding tert-OH is 1. The third-order valence-corrected chi connectivity index (χ3v) is 2.18. The van der Waals surface area contributed by atoms with Crippen molar-refractivity contribution < 1.29 is 9.90 Å². The Morgan fingerprint density at radius 3 is 2.47 bits per heavy atom. The number of pyridine rings is 1. The largest absolute Gasteiger partial charge is 0.395 e. The van der Waals surface area contributed by atoms with E-state index >= 15 is 0 Å². The van der Waals surface area contributed by atoms with Gasteiger partial charge in [-0.1, -0.05) is 23.2 Å². The van der Waals surface area contributed by atoms with Crippen LogP contribution in [0.4, 0.5) is 0 Å². The molecular formula is C9H10Cl2N2O2. The molecule has 0 aliphatic heterocycles. The van der Waals surface area contributed by atoms with Crippen LogP contribution in [0.25, 0.3) is 0 Å². The second kappa shape index (κ2) is 5.30. The highest BCUT2D eigenvalue weighted by Gasteiger charge is 2.12. The highest BCUT2D eigenvalue weighted by Crippen LogP contribution is 2.15. The van der Waals surface area contributed by atoms with Crippen molar-refractivity contribution in [3.8, 4) is 0 Å². The van der Waals surface area contributed by atoms with Gasteiger partial charge in [0.2, 0.25) is 0 Å². The lowest BCUT2D eigenvalue weighted by molar-refractivity contribution is 0.0767. The Balaban J connectivity index is 2.90. The van der Waals surface area contributed by atoms with Gasteiger partial charge in [-0.25, -0.2) is 4.98 Å². The van der Waals surface area contributed by atoms with Gasteiger partial charge >= 0.3 is 0 Å². The Bertz CT molecular complexity index is 351. The second-order valence-electron chi connectivity index (χ2n) is 2.95. The van der Waals surface area contributed by atoms with Crippen LogP contribution in [0, 0.1) is 0 Å². The van der Waals surface area contributed by atoms with E-state index in [1.165, 1.54) is 17.0 Å². The van der Waals surface area contributed by atoms with Crippen molar-refractivity contribution in [1.82, 2.24) is 9.88 Å². The lowest BCUT2D eigenvalue weighted by Crippen LogP contribution is -2.29. The maximum atomic E-state index is 11.7. The maximum absolute atomic E-state index is 11.7. The predicted molar refractivity (Wildman–Crippen MR) is 58.3 cm³/mol. The average Bonchev–Trinajstić information content (AvgIpc) is 2.15. The Kier molecular flexibility index (Phi) is 4.32. The van der Waals surface area contributed by atoms with E-state index in [-0.39, 0.29) is 29.4 Å². The van der Waals surface area contributed by atoms with E-state index in [9.17, 15) is 4.79 Å². The molecule has 1 heterocycles. The van der Waals surface area contributed by atoms with Crippen molar-refractivity contribution in [2.24, 2.45) is 0 Å². The zero-order valence-corrected chi connectivity index (χ0v) is 9.59. The number of carbonyl (C=O) groups excluding carboxylic acids is 1. The second-order valence-corrected chi connectivity index (χ2v) is 3.73. The van der Waals surface area contributed by atoms with Crippen LogP contribution in [0.15, 0.2) is 12.1 Å². The number of aromatic nitrogens is 1. The summed E-state index contributed by atoms with van der Waals surface area (Å²) in [5, 5.41) is 9.02. The summed E-state index contributed by atoms with van der Waals surface area (Å²) in [5.74, 6) is -0.254. The number of aliphatic hydroxyl groups is 1. The van der Waals surface area contributed by atoms with Crippen LogP contribution in [0.2, 0.25) is 10.3 Å². The van der Waals surface area contributed by atoms with Gasteiger partial charge in [0.05, 0.1) is 6.61 Å². The van der Waals surface area contributed by atoms with Crippen LogP contribution in [0.5, 0.6) is 0 Å². The van der Waals surface area contributed by atoms with Crippen LogP contribution >= 0.6 is 23.2 Å². The first-order valence-corrected chi connectivity index (χ1v) is 4.99. The number of amides is 1. The fourth-order valence-corrected chi connectivity index (χ4v) is 1.52. The van der Waals surface area contributed by atoms with E-state index in [2.05, 4.69) is 4.98 Å². The molecule has 0 aliphatic rings. The number of halogens is 2. The topological polar surface area (TPSA) is 53.4 Å². The van der Waals surface area contributed by atoms with Gasteiger partial charge < -0.3 is 10.0 Å². The summed E-state index contributed by atoms with van der Waals surface area (Å²) in [4.78, 5) is 16.8. The minimum atomic E-state index is -0.254. The first-order chi connectivity index (χ1) is 7.04. The smallest absolute Gasteiger partial charge is 0.253 e. The van der Waals surface area contributed by atoms with Crippen LogP contribution in [-0.2, 0) is 0 Å². The minimum Gasteiger partial charge on any atom is -0.395 e. The number of likely N-dealkylation sites (N-methyl/N-ethyl adjacent to an activating group) is 1. The average molecular weight is 249 g/mol. The molecule has 1 aromatic heterocycles. The molecule has 0 spiro atoms. The molecule has 0 fully saturated rings. The lowest BCUT2D eigenvalue weighted by atomic mass is 10.2. The van der Waals surface area contributed by atoms with Crippen molar-refractivity contribution in [2.75, 3.05) is 20.2 Å². The molecule has 0 atom stereocenters. The quantitative estimate of drug-likeness (QED) is 0.825. The summed E-state index contributed by atoms with van der Waals surface area (Å²) in [5.41, 5.74) is 0.357. The van der Waals surface area contributed by atoms with Gasteiger partial charge in [-0.2, -0.15) is 0 Å². The highest BCUT2D eigenvalue weighted by molar-refractivity contribution is 6.33. The Morgan fingerprint density at radius 2 is 2.00 bits per heavy atom. The molecule has 1 N–H and O–H groups in total. The Hall–Kier alpha value is -0.840. The van der Waals surface area contributed by atoms with Gasteiger partial charge in [0, 0.05) is 19.2 Å². The summed E-state index contributed by atoms with van der Waals surface area (Å²) in [7, 11) is 1.58. The highest BCUT2D eigenvalue weighted by atomic mass is 35.5. The number of carbonyl (C=O) groups is 1. The molecule has 0 saturated carbocycles. The van der Waals surface area contributed by atoms with E-state index in [0.29, 0.717) is 5.56 Å². The summed E-state index contributed by atoms with van der Waals surface area (Å²) in [6, 6.07) is 2.87. The van der Waals surface area contributed by atoms with Crippen molar-refractivity contribution in [1.29, 1.82) is 0 Å². The van der Waals surface area contributed by atoms with Gasteiger partial charge in [-0.3, -0.25) is 4.79 Å². The fraction of sp³-hybridized carbons (Fsp3) is 0.333. The fourth-order valence-electron chi connectivity index (χ4n) is 1.06. The van der Waals surface area contributed by atoms with E-state index in [4.69, 9.17) is 28.3 Å². The first kappa shape index (κ1) is 12.2. The maximum Gasteiger partial charge on any atom is 0.253 e. The minimum absolute atomic E-state index is 0.0885. The predicted octanol–water partition coefficient (Wildman–Crippen LogP) is 1.45. The summed E-state index contributed by atoms with van der Waals surface area (Å²) in [6.45, 7) is 0.172. The van der Waals surface area contributed by atoms with Crippen LogP contribution in [0.1, 0.15) is 10.4 Å². The molecular weight excluding hydrogens is 239 g/mol. The molecule has 0 radical (unpaired) electrons. The van der Waals surface area contributed by atoms with Crippen LogP contribution < -0.4 is 0 Å².